The van der Waals surface area contributed by atoms with Crippen molar-refractivity contribution in [2.75, 3.05) is 0 Å². The molecule has 4 aromatic rings. The lowest BCUT2D eigenvalue weighted by molar-refractivity contribution is 0.0405. The van der Waals surface area contributed by atoms with Crippen molar-refractivity contribution < 1.29 is 14.3 Å². The van der Waals surface area contributed by atoms with E-state index in [0.717, 1.165) is 16.3 Å². The van der Waals surface area contributed by atoms with Gasteiger partial charge in [0, 0.05) is 16.7 Å². The van der Waals surface area contributed by atoms with Crippen LogP contribution in [0.4, 0.5) is 0 Å². The Kier molecular flexibility index (Phi) is 2.73. The minimum Gasteiger partial charge on any atom is -0.417 e. The number of aromatic nitrogens is 2. The second kappa shape index (κ2) is 4.84. The Bertz CT molecular complexity index is 1130. The second-order valence-corrected chi connectivity index (χ2v) is 6.03. The first kappa shape index (κ1) is 14.1. The van der Waals surface area contributed by atoms with Gasteiger partial charge >= 0.3 is 0 Å². The first-order chi connectivity index (χ1) is 12.2. The molecule has 0 saturated carbocycles. The van der Waals surface area contributed by atoms with E-state index < -0.39 is 11.4 Å². The number of rotatable bonds is 2. The van der Waals surface area contributed by atoms with Crippen molar-refractivity contribution in [3.63, 3.8) is 0 Å². The van der Waals surface area contributed by atoms with E-state index in [4.69, 9.17) is 4.42 Å². The summed E-state index contributed by atoms with van der Waals surface area (Å²) in [4.78, 5) is 13.0. The molecule has 0 aliphatic heterocycles. The summed E-state index contributed by atoms with van der Waals surface area (Å²) >= 11 is 0. The fraction of sp³-hybridized carbons (Fsp3) is 0.0500. The summed E-state index contributed by atoms with van der Waals surface area (Å²) in [6.45, 7) is 0. The molecular weight excluding hydrogens is 316 g/mol. The molecule has 0 amide bonds. The number of benzene rings is 3. The van der Waals surface area contributed by atoms with Gasteiger partial charge in [0.1, 0.15) is 0 Å². The smallest absolute Gasteiger partial charge is 0.261 e. The van der Waals surface area contributed by atoms with Gasteiger partial charge in [-0.15, -0.1) is 10.2 Å². The van der Waals surface area contributed by atoms with E-state index in [0.29, 0.717) is 11.1 Å². The van der Waals surface area contributed by atoms with E-state index in [2.05, 4.69) is 10.2 Å². The zero-order valence-electron chi connectivity index (χ0n) is 13.0. The standard InChI is InChI=1S/C20H12N2O3/c23-17-14-10-4-8-12-9-5-11-15(16(12)14)20(17,24)19-22-21-18(25-19)13-6-2-1-3-7-13/h1-11,24H. The molecule has 0 bridgehead atoms. The van der Waals surface area contributed by atoms with Gasteiger partial charge in [0.05, 0.1) is 0 Å². The Morgan fingerprint density at radius 3 is 2.44 bits per heavy atom. The van der Waals surface area contributed by atoms with Gasteiger partial charge in [0.15, 0.2) is 0 Å². The van der Waals surface area contributed by atoms with E-state index >= 15 is 0 Å². The van der Waals surface area contributed by atoms with Crippen molar-refractivity contribution in [2.24, 2.45) is 0 Å². The first-order valence-electron chi connectivity index (χ1n) is 7.88. The largest absolute Gasteiger partial charge is 0.417 e. The predicted molar refractivity (Wildman–Crippen MR) is 91.0 cm³/mol. The van der Waals surface area contributed by atoms with Gasteiger partial charge in [-0.3, -0.25) is 4.79 Å². The number of carbonyl (C=O) groups is 1. The molecule has 1 aliphatic rings. The predicted octanol–water partition coefficient (Wildman–Crippen LogP) is 3.32. The van der Waals surface area contributed by atoms with Crippen LogP contribution < -0.4 is 0 Å². The Morgan fingerprint density at radius 1 is 0.880 bits per heavy atom. The number of nitrogens with zero attached hydrogens (tertiary/aromatic N) is 2. The summed E-state index contributed by atoms with van der Waals surface area (Å²) in [5, 5.41) is 20.9. The molecule has 5 rings (SSSR count). The molecule has 0 fully saturated rings. The van der Waals surface area contributed by atoms with Gasteiger partial charge in [-0.1, -0.05) is 54.6 Å². The van der Waals surface area contributed by atoms with Crippen LogP contribution in [-0.4, -0.2) is 21.1 Å². The summed E-state index contributed by atoms with van der Waals surface area (Å²) in [5.74, 6) is -0.289. The highest BCUT2D eigenvalue weighted by Gasteiger charge is 2.51. The molecule has 0 radical (unpaired) electrons. The molecule has 1 heterocycles. The monoisotopic (exact) mass is 328 g/mol. The number of carbonyl (C=O) groups excluding carboxylic acids is 1. The highest BCUT2D eigenvalue weighted by atomic mass is 16.4. The lowest BCUT2D eigenvalue weighted by atomic mass is 9.94. The van der Waals surface area contributed by atoms with Crippen LogP contribution in [0, 0.1) is 0 Å². The van der Waals surface area contributed by atoms with Crippen LogP contribution in [-0.2, 0) is 5.60 Å². The molecule has 1 N–H and O–H groups in total. The molecule has 5 heteroatoms. The average molecular weight is 328 g/mol. The van der Waals surface area contributed by atoms with E-state index in [-0.39, 0.29) is 11.8 Å². The fourth-order valence-corrected chi connectivity index (χ4v) is 3.43. The third-order valence-electron chi connectivity index (χ3n) is 4.62. The Labute approximate surface area is 142 Å². The summed E-state index contributed by atoms with van der Waals surface area (Å²) in [6, 6.07) is 20.1. The maximum Gasteiger partial charge on any atom is 0.261 e. The molecule has 1 aliphatic carbocycles. The molecule has 25 heavy (non-hydrogen) atoms. The van der Waals surface area contributed by atoms with Crippen molar-refractivity contribution >= 4 is 16.6 Å². The summed E-state index contributed by atoms with van der Waals surface area (Å²) in [7, 11) is 0. The van der Waals surface area contributed by atoms with Crippen molar-refractivity contribution in [3.8, 4) is 11.5 Å². The van der Waals surface area contributed by atoms with Gasteiger partial charge in [0.2, 0.25) is 17.3 Å². The third kappa shape index (κ3) is 1.78. The SMILES string of the molecule is O=C1c2cccc3cccc(c23)C1(O)c1nnc(-c2ccccc2)o1. The van der Waals surface area contributed by atoms with Gasteiger partial charge in [-0.05, 0) is 22.9 Å². The lowest BCUT2D eigenvalue weighted by Gasteiger charge is -2.17. The fourth-order valence-electron chi connectivity index (χ4n) is 3.43. The normalized spacial score (nSPS) is 18.8. The molecule has 1 unspecified atom stereocenters. The minimum atomic E-state index is -1.96. The van der Waals surface area contributed by atoms with Crippen LogP contribution in [0.2, 0.25) is 0 Å². The Hall–Kier alpha value is -3.31. The zero-order valence-corrected chi connectivity index (χ0v) is 13.0. The molecule has 3 aromatic carbocycles. The highest BCUT2D eigenvalue weighted by Crippen LogP contribution is 2.44. The molecule has 120 valence electrons. The van der Waals surface area contributed by atoms with E-state index in [1.165, 1.54) is 0 Å². The first-order valence-corrected chi connectivity index (χ1v) is 7.88. The molecule has 1 aromatic heterocycles. The maximum atomic E-state index is 13.0. The molecule has 0 spiro atoms. The molecule has 5 nitrogen and oxygen atoms in total. The van der Waals surface area contributed by atoms with Gasteiger partial charge < -0.3 is 9.52 Å². The van der Waals surface area contributed by atoms with E-state index in [9.17, 15) is 9.90 Å². The van der Waals surface area contributed by atoms with Crippen LogP contribution in [0.1, 0.15) is 21.8 Å². The number of aliphatic hydroxyl groups is 1. The Balaban J connectivity index is 1.72. The van der Waals surface area contributed by atoms with Crippen molar-refractivity contribution in [1.82, 2.24) is 10.2 Å². The number of hydrogen-bond acceptors (Lipinski definition) is 5. The maximum absolute atomic E-state index is 13.0. The zero-order chi connectivity index (χ0) is 17.0. The van der Waals surface area contributed by atoms with E-state index in [1.807, 2.05) is 42.5 Å². The Morgan fingerprint density at radius 2 is 1.64 bits per heavy atom. The van der Waals surface area contributed by atoms with Gasteiger partial charge in [-0.2, -0.15) is 0 Å². The highest BCUT2D eigenvalue weighted by molar-refractivity contribution is 6.20. The van der Waals surface area contributed by atoms with Crippen LogP contribution >= 0.6 is 0 Å². The summed E-state index contributed by atoms with van der Waals surface area (Å²) < 4.78 is 5.70. The minimum absolute atomic E-state index is 0.111. The van der Waals surface area contributed by atoms with Crippen LogP contribution in [0.5, 0.6) is 0 Å². The second-order valence-electron chi connectivity index (χ2n) is 6.03. The lowest BCUT2D eigenvalue weighted by Crippen LogP contribution is -2.33. The number of Topliss-reactive ketones (excluding diaryl/α,β-unsaturated/α-hetero) is 1. The van der Waals surface area contributed by atoms with E-state index in [1.54, 1.807) is 24.3 Å². The average Bonchev–Trinajstić information content (AvgIpc) is 3.24. The molecular formula is C20H12N2O3. The van der Waals surface area contributed by atoms with Crippen molar-refractivity contribution in [2.45, 2.75) is 5.60 Å². The molecule has 0 saturated heterocycles. The van der Waals surface area contributed by atoms with Gasteiger partial charge in [-0.25, -0.2) is 0 Å². The molecule has 1 atom stereocenters. The topological polar surface area (TPSA) is 76.2 Å². The third-order valence-corrected chi connectivity index (χ3v) is 4.62. The number of ketones is 1. The van der Waals surface area contributed by atoms with Crippen LogP contribution in [0.25, 0.3) is 22.2 Å². The van der Waals surface area contributed by atoms with Crippen molar-refractivity contribution in [3.05, 3.63) is 83.7 Å². The quantitative estimate of drug-likeness (QED) is 0.611. The summed E-state index contributed by atoms with van der Waals surface area (Å²) in [5.41, 5.74) is -0.279. The summed E-state index contributed by atoms with van der Waals surface area (Å²) in [6.07, 6.45) is 0. The van der Waals surface area contributed by atoms with Crippen LogP contribution in [0.15, 0.2) is 71.1 Å². The van der Waals surface area contributed by atoms with Crippen molar-refractivity contribution in [1.29, 1.82) is 0 Å². The number of hydrogen-bond donors (Lipinski definition) is 1. The van der Waals surface area contributed by atoms with Gasteiger partial charge in [0.25, 0.3) is 5.89 Å². The van der Waals surface area contributed by atoms with Crippen LogP contribution in [0.3, 0.4) is 0 Å².